The van der Waals surface area contributed by atoms with Crippen LogP contribution < -0.4 is 5.32 Å². The Hall–Kier alpha value is -2.18. The third kappa shape index (κ3) is 6.20. The van der Waals surface area contributed by atoms with Crippen molar-refractivity contribution in [2.75, 3.05) is 24.2 Å². The molecule has 6 heteroatoms. The lowest BCUT2D eigenvalue weighted by Crippen LogP contribution is -2.32. The Morgan fingerprint density at radius 3 is 2.34 bits per heavy atom. The van der Waals surface area contributed by atoms with Crippen LogP contribution in [0.4, 0.5) is 5.69 Å². The lowest BCUT2D eigenvalue weighted by atomic mass is 9.86. The van der Waals surface area contributed by atoms with E-state index in [1.165, 1.54) is 11.1 Å². The quantitative estimate of drug-likeness (QED) is 0.596. The monoisotopic (exact) mass is 456 g/mol. The molecule has 1 amide bonds. The van der Waals surface area contributed by atoms with Crippen LogP contribution in [0.2, 0.25) is 0 Å². The van der Waals surface area contributed by atoms with Crippen LogP contribution in [0.25, 0.3) is 0 Å². The molecular formula is C26H36N2O3S. The normalized spacial score (nSPS) is 15.8. The summed E-state index contributed by atoms with van der Waals surface area (Å²) in [7, 11) is -3.16. The molecule has 1 saturated heterocycles. The van der Waals surface area contributed by atoms with E-state index < -0.39 is 9.84 Å². The fraction of sp³-hybridized carbons (Fsp3) is 0.500. The highest BCUT2D eigenvalue weighted by Crippen LogP contribution is 2.32. The molecule has 3 rings (SSSR count). The van der Waals surface area contributed by atoms with Crippen LogP contribution >= 0.6 is 0 Å². The second-order valence-electron chi connectivity index (χ2n) is 9.23. The average molecular weight is 457 g/mol. The number of benzene rings is 2. The van der Waals surface area contributed by atoms with Gasteiger partial charge in [0.15, 0.2) is 9.84 Å². The van der Waals surface area contributed by atoms with E-state index in [4.69, 9.17) is 0 Å². The molecule has 32 heavy (non-hydrogen) atoms. The highest BCUT2D eigenvalue weighted by Gasteiger charge is 2.23. The van der Waals surface area contributed by atoms with Gasteiger partial charge in [-0.1, -0.05) is 39.0 Å². The minimum absolute atomic E-state index is 0.0381. The first-order valence-corrected chi connectivity index (χ1v) is 13.3. The molecule has 0 spiro atoms. The number of carbonyl (C=O) groups excluding carboxylic acids is 1. The summed E-state index contributed by atoms with van der Waals surface area (Å²) in [5.74, 6) is 0.692. The van der Waals surface area contributed by atoms with Crippen molar-refractivity contribution in [1.82, 2.24) is 4.90 Å². The van der Waals surface area contributed by atoms with Crippen molar-refractivity contribution in [2.45, 2.75) is 64.3 Å². The number of piperidine rings is 1. The molecule has 1 aliphatic heterocycles. The summed E-state index contributed by atoms with van der Waals surface area (Å²) in [4.78, 5) is 14.9. The fourth-order valence-corrected chi connectivity index (χ4v) is 5.62. The number of nitrogens with zero attached hydrogens (tertiary/aromatic N) is 1. The number of aryl methyl sites for hydroxylation is 1. The predicted octanol–water partition coefficient (Wildman–Crippen LogP) is 5.15. The summed E-state index contributed by atoms with van der Waals surface area (Å²) in [5, 5.41) is 3.02. The van der Waals surface area contributed by atoms with Crippen LogP contribution in [0.15, 0.2) is 47.4 Å². The zero-order valence-electron chi connectivity index (χ0n) is 19.7. The summed E-state index contributed by atoms with van der Waals surface area (Å²) in [5.41, 5.74) is 4.63. The third-order valence-electron chi connectivity index (χ3n) is 6.26. The fourth-order valence-electron chi connectivity index (χ4n) is 4.29. The van der Waals surface area contributed by atoms with Crippen LogP contribution in [0, 0.1) is 12.8 Å². The number of hydrogen-bond donors (Lipinski definition) is 1. The van der Waals surface area contributed by atoms with Crippen molar-refractivity contribution >= 4 is 21.4 Å². The number of anilines is 1. The summed E-state index contributed by atoms with van der Waals surface area (Å²) in [6, 6.07) is 13.6. The van der Waals surface area contributed by atoms with E-state index in [2.05, 4.69) is 29.3 Å². The van der Waals surface area contributed by atoms with E-state index in [0.717, 1.165) is 43.7 Å². The molecule has 0 atom stereocenters. The zero-order chi connectivity index (χ0) is 23.3. The molecule has 2 aromatic carbocycles. The molecule has 0 aliphatic carbocycles. The Kier molecular flexibility index (Phi) is 8.12. The number of hydrogen-bond acceptors (Lipinski definition) is 4. The third-order valence-corrected chi connectivity index (χ3v) is 8.20. The maximum absolute atomic E-state index is 12.2. The van der Waals surface area contributed by atoms with Gasteiger partial charge in [-0.2, -0.15) is 0 Å². The summed E-state index contributed by atoms with van der Waals surface area (Å²) < 4.78 is 24.4. The molecule has 0 radical (unpaired) electrons. The van der Waals surface area contributed by atoms with Crippen molar-refractivity contribution in [2.24, 2.45) is 5.92 Å². The summed E-state index contributed by atoms with van der Waals surface area (Å²) in [6.45, 7) is 10.7. The van der Waals surface area contributed by atoms with Gasteiger partial charge < -0.3 is 5.32 Å². The Morgan fingerprint density at radius 1 is 1.09 bits per heavy atom. The molecule has 2 aromatic rings. The topological polar surface area (TPSA) is 66.5 Å². The van der Waals surface area contributed by atoms with Crippen LogP contribution in [-0.4, -0.2) is 38.1 Å². The largest absolute Gasteiger partial charge is 0.326 e. The number of amides is 1. The van der Waals surface area contributed by atoms with Gasteiger partial charge in [-0.3, -0.25) is 9.69 Å². The smallest absolute Gasteiger partial charge is 0.226 e. The van der Waals surface area contributed by atoms with Crippen LogP contribution in [0.1, 0.15) is 62.6 Å². The van der Waals surface area contributed by atoms with Gasteiger partial charge in [0, 0.05) is 18.2 Å². The molecule has 1 aliphatic rings. The maximum Gasteiger partial charge on any atom is 0.226 e. The molecule has 1 heterocycles. The van der Waals surface area contributed by atoms with E-state index in [-0.39, 0.29) is 17.6 Å². The predicted molar refractivity (Wildman–Crippen MR) is 131 cm³/mol. The van der Waals surface area contributed by atoms with Gasteiger partial charge in [0.1, 0.15) is 0 Å². The molecule has 1 N–H and O–H groups in total. The minimum Gasteiger partial charge on any atom is -0.326 e. The first-order valence-electron chi connectivity index (χ1n) is 11.6. The van der Waals surface area contributed by atoms with Crippen LogP contribution in [-0.2, 0) is 21.2 Å². The Labute approximate surface area is 193 Å². The SMILES string of the molecule is CCCS(=O)(=O)c1ccc(CN2CCC(c3cc(NC(=O)C(C)C)ccc3C)CC2)cc1. The van der Waals surface area contributed by atoms with E-state index >= 15 is 0 Å². The van der Waals surface area contributed by atoms with Gasteiger partial charge in [-0.25, -0.2) is 8.42 Å². The lowest BCUT2D eigenvalue weighted by Gasteiger charge is -2.33. The van der Waals surface area contributed by atoms with E-state index in [9.17, 15) is 13.2 Å². The number of sulfone groups is 1. The molecule has 5 nitrogen and oxygen atoms in total. The molecule has 0 bridgehead atoms. The molecular weight excluding hydrogens is 420 g/mol. The minimum atomic E-state index is -3.16. The highest BCUT2D eigenvalue weighted by molar-refractivity contribution is 7.91. The number of carbonyl (C=O) groups is 1. The Morgan fingerprint density at radius 2 is 1.75 bits per heavy atom. The van der Waals surface area contributed by atoms with Gasteiger partial charge in [-0.05, 0) is 86.1 Å². The number of rotatable bonds is 8. The van der Waals surface area contributed by atoms with Gasteiger partial charge >= 0.3 is 0 Å². The van der Waals surface area contributed by atoms with Crippen molar-refractivity contribution in [1.29, 1.82) is 0 Å². The number of nitrogens with one attached hydrogen (secondary N) is 1. The maximum atomic E-state index is 12.2. The average Bonchev–Trinajstić information content (AvgIpc) is 2.76. The van der Waals surface area contributed by atoms with Crippen molar-refractivity contribution in [3.8, 4) is 0 Å². The van der Waals surface area contributed by atoms with Crippen LogP contribution in [0.3, 0.4) is 0 Å². The van der Waals surface area contributed by atoms with E-state index in [1.54, 1.807) is 12.1 Å². The number of likely N-dealkylation sites (tertiary alicyclic amines) is 1. The Bertz CT molecular complexity index is 1020. The zero-order valence-corrected chi connectivity index (χ0v) is 20.5. The van der Waals surface area contributed by atoms with E-state index in [1.807, 2.05) is 39.0 Å². The van der Waals surface area contributed by atoms with Crippen molar-refractivity contribution < 1.29 is 13.2 Å². The highest BCUT2D eigenvalue weighted by atomic mass is 32.2. The molecule has 0 saturated carbocycles. The second kappa shape index (κ2) is 10.6. The van der Waals surface area contributed by atoms with Gasteiger partial charge in [0.05, 0.1) is 10.6 Å². The van der Waals surface area contributed by atoms with E-state index in [0.29, 0.717) is 17.2 Å². The first-order chi connectivity index (χ1) is 15.2. The standard InChI is InChI=1S/C26H36N2O3S/c1-5-16-32(30,31)24-10-7-21(8-11-24)18-28-14-12-22(13-15-28)25-17-23(9-6-20(25)4)27-26(29)19(2)3/h6-11,17,19,22H,5,12-16,18H2,1-4H3,(H,27,29). The first kappa shape index (κ1) is 24.5. The molecule has 0 unspecified atom stereocenters. The lowest BCUT2D eigenvalue weighted by molar-refractivity contribution is -0.118. The molecule has 1 fully saturated rings. The molecule has 174 valence electrons. The Balaban J connectivity index is 1.59. The summed E-state index contributed by atoms with van der Waals surface area (Å²) >= 11 is 0. The van der Waals surface area contributed by atoms with Gasteiger partial charge in [0.2, 0.25) is 5.91 Å². The van der Waals surface area contributed by atoms with Gasteiger partial charge in [0.25, 0.3) is 0 Å². The van der Waals surface area contributed by atoms with Crippen molar-refractivity contribution in [3.05, 3.63) is 59.2 Å². The van der Waals surface area contributed by atoms with Crippen molar-refractivity contribution in [3.63, 3.8) is 0 Å². The second-order valence-corrected chi connectivity index (χ2v) is 11.3. The van der Waals surface area contributed by atoms with Crippen LogP contribution in [0.5, 0.6) is 0 Å². The summed E-state index contributed by atoms with van der Waals surface area (Å²) in [6.07, 6.45) is 2.78. The van der Waals surface area contributed by atoms with Gasteiger partial charge in [-0.15, -0.1) is 0 Å². The molecule has 0 aromatic heterocycles.